The van der Waals surface area contributed by atoms with Crippen LogP contribution in [0.15, 0.2) is 30.3 Å². The van der Waals surface area contributed by atoms with Crippen LogP contribution in [0.2, 0.25) is 0 Å². The number of carbonyl (C=O) groups excluding carboxylic acids is 1. The predicted molar refractivity (Wildman–Crippen MR) is 75.2 cm³/mol. The average Bonchev–Trinajstić information content (AvgIpc) is 2.37. The first-order valence-corrected chi connectivity index (χ1v) is 6.69. The molecule has 1 amide bonds. The SMILES string of the molecule is CC[C@@H](NC(=O)[C@@H](NCl)C(C)C)c1ccccc1. The van der Waals surface area contributed by atoms with Gasteiger partial charge in [-0.1, -0.05) is 51.1 Å². The summed E-state index contributed by atoms with van der Waals surface area (Å²) in [6, 6.07) is 9.62. The lowest BCUT2D eigenvalue weighted by molar-refractivity contribution is -0.124. The third kappa shape index (κ3) is 4.00. The zero-order chi connectivity index (χ0) is 13.5. The largest absolute Gasteiger partial charge is 0.348 e. The third-order valence-electron chi connectivity index (χ3n) is 2.99. The molecule has 0 heterocycles. The fourth-order valence-electron chi connectivity index (χ4n) is 1.85. The van der Waals surface area contributed by atoms with Crippen molar-refractivity contribution in [1.82, 2.24) is 10.2 Å². The van der Waals surface area contributed by atoms with Crippen LogP contribution in [-0.2, 0) is 4.79 Å². The summed E-state index contributed by atoms with van der Waals surface area (Å²) in [4.78, 5) is 14.6. The summed E-state index contributed by atoms with van der Waals surface area (Å²) < 4.78 is 0. The molecule has 0 bridgehead atoms. The summed E-state index contributed by atoms with van der Waals surface area (Å²) in [6.07, 6.45) is 0.850. The molecule has 1 aromatic rings. The average molecular weight is 269 g/mol. The van der Waals surface area contributed by atoms with Crippen LogP contribution in [0.1, 0.15) is 38.8 Å². The number of benzene rings is 1. The Morgan fingerprint density at radius 3 is 2.33 bits per heavy atom. The lowest BCUT2D eigenvalue weighted by Gasteiger charge is -2.23. The highest BCUT2D eigenvalue weighted by molar-refractivity contribution is 6.15. The lowest BCUT2D eigenvalue weighted by atomic mass is 10.0. The summed E-state index contributed by atoms with van der Waals surface area (Å²) in [5, 5.41) is 3.03. The van der Waals surface area contributed by atoms with Crippen LogP contribution in [0.5, 0.6) is 0 Å². The van der Waals surface area contributed by atoms with Gasteiger partial charge in [0.05, 0.1) is 6.04 Å². The summed E-state index contributed by atoms with van der Waals surface area (Å²) in [5.74, 6) is 0.0893. The molecule has 1 aromatic carbocycles. The van der Waals surface area contributed by atoms with Crippen LogP contribution in [-0.4, -0.2) is 11.9 Å². The number of amides is 1. The van der Waals surface area contributed by atoms with E-state index in [1.165, 1.54) is 0 Å². The summed E-state index contributed by atoms with van der Waals surface area (Å²) >= 11 is 5.62. The summed E-state index contributed by atoms with van der Waals surface area (Å²) in [5.41, 5.74) is 1.12. The molecule has 4 heteroatoms. The third-order valence-corrected chi connectivity index (χ3v) is 3.23. The van der Waals surface area contributed by atoms with Gasteiger partial charge < -0.3 is 5.32 Å². The van der Waals surface area contributed by atoms with Gasteiger partial charge in [-0.2, -0.15) is 0 Å². The normalized spacial score (nSPS) is 14.3. The fraction of sp³-hybridized carbons (Fsp3) is 0.500. The Hall–Kier alpha value is -1.06. The number of hydrogen-bond acceptors (Lipinski definition) is 2. The second-order valence-electron chi connectivity index (χ2n) is 4.71. The van der Waals surface area contributed by atoms with E-state index in [9.17, 15) is 4.79 Å². The van der Waals surface area contributed by atoms with Crippen LogP contribution in [0.25, 0.3) is 0 Å². The van der Waals surface area contributed by atoms with Crippen molar-refractivity contribution < 1.29 is 4.79 Å². The second kappa shape index (κ2) is 7.39. The van der Waals surface area contributed by atoms with E-state index in [0.29, 0.717) is 0 Å². The maximum Gasteiger partial charge on any atom is 0.239 e. The first kappa shape index (κ1) is 15.0. The Labute approximate surface area is 114 Å². The van der Waals surface area contributed by atoms with Crippen molar-refractivity contribution in [3.63, 3.8) is 0 Å². The van der Waals surface area contributed by atoms with Crippen molar-refractivity contribution in [2.45, 2.75) is 39.3 Å². The van der Waals surface area contributed by atoms with E-state index in [1.807, 2.05) is 44.2 Å². The van der Waals surface area contributed by atoms with Gasteiger partial charge in [0.25, 0.3) is 0 Å². The minimum absolute atomic E-state index is 0.0324. The van der Waals surface area contributed by atoms with E-state index in [2.05, 4.69) is 17.1 Å². The number of carbonyl (C=O) groups is 1. The number of halogens is 1. The van der Waals surface area contributed by atoms with Gasteiger partial charge in [0, 0.05) is 0 Å². The number of nitrogens with one attached hydrogen (secondary N) is 2. The minimum Gasteiger partial charge on any atom is -0.348 e. The molecule has 0 spiro atoms. The zero-order valence-corrected chi connectivity index (χ0v) is 11.9. The monoisotopic (exact) mass is 268 g/mol. The zero-order valence-electron chi connectivity index (χ0n) is 11.1. The van der Waals surface area contributed by atoms with Crippen LogP contribution in [0.3, 0.4) is 0 Å². The quantitative estimate of drug-likeness (QED) is 0.779. The van der Waals surface area contributed by atoms with Crippen LogP contribution in [0.4, 0.5) is 0 Å². The number of hydrogen-bond donors (Lipinski definition) is 2. The molecular formula is C14H21ClN2O. The first-order valence-electron chi connectivity index (χ1n) is 6.31. The molecule has 0 aliphatic rings. The Morgan fingerprint density at radius 1 is 1.28 bits per heavy atom. The van der Waals surface area contributed by atoms with Crippen molar-refractivity contribution >= 4 is 17.7 Å². The van der Waals surface area contributed by atoms with Crippen molar-refractivity contribution in [3.05, 3.63) is 35.9 Å². The number of rotatable bonds is 6. The Bertz CT molecular complexity index is 367. The first-order chi connectivity index (χ1) is 8.60. The summed E-state index contributed by atoms with van der Waals surface area (Å²) in [6.45, 7) is 5.97. The molecule has 0 saturated heterocycles. The molecule has 0 unspecified atom stereocenters. The van der Waals surface area contributed by atoms with Crippen LogP contribution >= 0.6 is 11.8 Å². The molecule has 2 atom stereocenters. The van der Waals surface area contributed by atoms with Gasteiger partial charge in [0.15, 0.2) is 0 Å². The molecule has 2 N–H and O–H groups in total. The van der Waals surface area contributed by atoms with Crippen molar-refractivity contribution in [2.75, 3.05) is 0 Å². The fourth-order valence-corrected chi connectivity index (χ4v) is 2.20. The molecule has 100 valence electrons. The molecule has 0 aliphatic carbocycles. The van der Waals surface area contributed by atoms with Crippen molar-refractivity contribution in [1.29, 1.82) is 0 Å². The Morgan fingerprint density at radius 2 is 1.89 bits per heavy atom. The highest BCUT2D eigenvalue weighted by atomic mass is 35.5. The van der Waals surface area contributed by atoms with E-state index in [0.717, 1.165) is 12.0 Å². The molecule has 0 saturated carbocycles. The predicted octanol–water partition coefficient (Wildman–Crippen LogP) is 3.02. The molecule has 0 radical (unpaired) electrons. The van der Waals surface area contributed by atoms with Gasteiger partial charge in [-0.25, -0.2) is 4.84 Å². The smallest absolute Gasteiger partial charge is 0.239 e. The Balaban J connectivity index is 2.72. The maximum atomic E-state index is 12.1. The minimum atomic E-state index is -0.371. The molecule has 0 fully saturated rings. The molecule has 1 rings (SSSR count). The maximum absolute atomic E-state index is 12.1. The van der Waals surface area contributed by atoms with Crippen molar-refractivity contribution in [3.8, 4) is 0 Å². The van der Waals surface area contributed by atoms with Crippen LogP contribution < -0.4 is 10.2 Å². The van der Waals surface area contributed by atoms with Gasteiger partial charge in [-0.15, -0.1) is 0 Å². The van der Waals surface area contributed by atoms with E-state index >= 15 is 0 Å². The topological polar surface area (TPSA) is 41.1 Å². The van der Waals surface area contributed by atoms with Crippen LogP contribution in [0, 0.1) is 5.92 Å². The standard InChI is InChI=1S/C14H21ClN2O/c1-4-12(11-8-6-5-7-9-11)16-14(18)13(17-15)10(2)3/h5-10,12-13,17H,4H2,1-3H3,(H,16,18)/t12-,13+/m1/s1. The van der Waals surface area contributed by atoms with Gasteiger partial charge in [-0.05, 0) is 29.7 Å². The van der Waals surface area contributed by atoms with Gasteiger partial charge in [0.1, 0.15) is 6.04 Å². The molecular weight excluding hydrogens is 248 g/mol. The highest BCUT2D eigenvalue weighted by Crippen LogP contribution is 2.16. The second-order valence-corrected chi connectivity index (χ2v) is 4.93. The van der Waals surface area contributed by atoms with E-state index in [4.69, 9.17) is 11.8 Å². The van der Waals surface area contributed by atoms with Crippen molar-refractivity contribution in [2.24, 2.45) is 5.92 Å². The molecule has 0 aliphatic heterocycles. The summed E-state index contributed by atoms with van der Waals surface area (Å²) in [7, 11) is 0. The highest BCUT2D eigenvalue weighted by Gasteiger charge is 2.23. The van der Waals surface area contributed by atoms with Gasteiger partial charge in [-0.3, -0.25) is 4.79 Å². The molecule has 3 nitrogen and oxygen atoms in total. The molecule has 0 aromatic heterocycles. The van der Waals surface area contributed by atoms with E-state index in [-0.39, 0.29) is 23.9 Å². The van der Waals surface area contributed by atoms with Gasteiger partial charge >= 0.3 is 0 Å². The van der Waals surface area contributed by atoms with E-state index < -0.39 is 0 Å². The van der Waals surface area contributed by atoms with Gasteiger partial charge in [0.2, 0.25) is 5.91 Å². The molecule has 18 heavy (non-hydrogen) atoms. The Kier molecular flexibility index (Phi) is 6.16. The van der Waals surface area contributed by atoms with E-state index in [1.54, 1.807) is 0 Å². The lowest BCUT2D eigenvalue weighted by Crippen LogP contribution is -2.45.